The Morgan fingerprint density at radius 3 is 2.10 bits per heavy atom. The predicted octanol–water partition coefficient (Wildman–Crippen LogP) is 0.495. The van der Waals surface area contributed by atoms with Crippen LogP contribution in [0.25, 0.3) is 0 Å². The monoisotopic (exact) mass is 300 g/mol. The molecular formula is C13H20N2O4S. The molecule has 0 aromatic heterocycles. The summed E-state index contributed by atoms with van der Waals surface area (Å²) in [5, 5.41) is 9.38. The molecule has 0 radical (unpaired) electrons. The fourth-order valence-corrected chi connectivity index (χ4v) is 2.86. The maximum Gasteiger partial charge on any atom is 0.241 e. The number of hydrogen-bond acceptors (Lipinski definition) is 4. The molecule has 2 atom stereocenters. The Morgan fingerprint density at radius 2 is 1.70 bits per heavy atom. The van der Waals surface area contributed by atoms with Crippen molar-refractivity contribution in [3.8, 4) is 0 Å². The van der Waals surface area contributed by atoms with Crippen molar-refractivity contribution < 1.29 is 18.3 Å². The number of likely N-dealkylation sites (N-methyl/N-ethyl adjacent to an activating group) is 1. The van der Waals surface area contributed by atoms with E-state index in [4.69, 9.17) is 0 Å². The van der Waals surface area contributed by atoms with Gasteiger partial charge in [-0.1, -0.05) is 12.1 Å². The van der Waals surface area contributed by atoms with Crippen LogP contribution >= 0.6 is 0 Å². The number of carbonyl (C=O) groups excluding carboxylic acids is 1. The van der Waals surface area contributed by atoms with E-state index in [9.17, 15) is 18.3 Å². The highest BCUT2D eigenvalue weighted by Gasteiger charge is 2.23. The first kappa shape index (κ1) is 16.6. The zero-order valence-corrected chi connectivity index (χ0v) is 12.8. The van der Waals surface area contributed by atoms with E-state index in [1.54, 1.807) is 21.0 Å². The Kier molecular flexibility index (Phi) is 5.27. The minimum atomic E-state index is -3.76. The van der Waals surface area contributed by atoms with E-state index in [2.05, 4.69) is 4.72 Å². The van der Waals surface area contributed by atoms with Crippen molar-refractivity contribution in [2.24, 2.45) is 0 Å². The van der Waals surface area contributed by atoms with Crippen LogP contribution in [0.15, 0.2) is 29.2 Å². The van der Waals surface area contributed by atoms with E-state index in [1.165, 1.54) is 36.1 Å². The topological polar surface area (TPSA) is 86.7 Å². The van der Waals surface area contributed by atoms with Gasteiger partial charge in [0, 0.05) is 14.1 Å². The molecule has 7 heteroatoms. The number of carbonyl (C=O) groups is 1. The van der Waals surface area contributed by atoms with Crippen LogP contribution in [0.4, 0.5) is 0 Å². The SMILES string of the molecule is CC(NS(=O)(=O)c1ccc(C(C)O)cc1)C(=O)N(C)C. The molecule has 1 amide bonds. The molecule has 0 bridgehead atoms. The molecule has 2 unspecified atom stereocenters. The zero-order valence-electron chi connectivity index (χ0n) is 12.0. The van der Waals surface area contributed by atoms with Crippen molar-refractivity contribution in [3.63, 3.8) is 0 Å². The molecule has 0 aliphatic rings. The second-order valence-electron chi connectivity index (χ2n) is 4.82. The standard InChI is InChI=1S/C13H20N2O4S/c1-9(13(17)15(3)4)14-20(18,19)12-7-5-11(6-8-12)10(2)16/h5-10,14,16H,1-4H3. The average molecular weight is 300 g/mol. The predicted molar refractivity (Wildman–Crippen MR) is 75.6 cm³/mol. The molecule has 0 saturated carbocycles. The van der Waals surface area contributed by atoms with Crippen LogP contribution in [0.1, 0.15) is 25.5 Å². The van der Waals surface area contributed by atoms with Crippen LogP contribution in [0.3, 0.4) is 0 Å². The minimum Gasteiger partial charge on any atom is -0.389 e. The maximum absolute atomic E-state index is 12.1. The number of hydrogen-bond donors (Lipinski definition) is 2. The molecule has 1 aromatic rings. The van der Waals surface area contributed by atoms with Gasteiger partial charge in [0.05, 0.1) is 17.0 Å². The number of aliphatic hydroxyl groups is 1. The molecule has 0 heterocycles. The molecule has 6 nitrogen and oxygen atoms in total. The minimum absolute atomic E-state index is 0.0558. The van der Waals surface area contributed by atoms with Gasteiger partial charge in [0.1, 0.15) is 0 Å². The Balaban J connectivity index is 2.91. The van der Waals surface area contributed by atoms with Crippen LogP contribution in [0.2, 0.25) is 0 Å². The summed E-state index contributed by atoms with van der Waals surface area (Å²) >= 11 is 0. The maximum atomic E-state index is 12.1. The van der Waals surface area contributed by atoms with Crippen molar-refractivity contribution in [2.75, 3.05) is 14.1 Å². The van der Waals surface area contributed by atoms with Gasteiger partial charge in [0.15, 0.2) is 0 Å². The van der Waals surface area contributed by atoms with E-state index < -0.39 is 22.2 Å². The van der Waals surface area contributed by atoms with Crippen LogP contribution < -0.4 is 4.72 Å². The first-order valence-corrected chi connectivity index (χ1v) is 7.65. The third-order valence-electron chi connectivity index (χ3n) is 2.82. The smallest absolute Gasteiger partial charge is 0.241 e. The molecule has 0 aliphatic heterocycles. The summed E-state index contributed by atoms with van der Waals surface area (Å²) in [4.78, 5) is 13.0. The second kappa shape index (κ2) is 6.34. The molecule has 0 spiro atoms. The number of sulfonamides is 1. The molecule has 0 fully saturated rings. The number of rotatable bonds is 5. The fourth-order valence-electron chi connectivity index (χ4n) is 1.66. The third-order valence-corrected chi connectivity index (χ3v) is 4.37. The van der Waals surface area contributed by atoms with Crippen molar-refractivity contribution in [3.05, 3.63) is 29.8 Å². The van der Waals surface area contributed by atoms with Gasteiger partial charge in [-0.15, -0.1) is 0 Å². The highest BCUT2D eigenvalue weighted by atomic mass is 32.2. The summed E-state index contributed by atoms with van der Waals surface area (Å²) in [6.07, 6.45) is -0.658. The first-order chi connectivity index (χ1) is 9.15. The second-order valence-corrected chi connectivity index (χ2v) is 6.53. The Hall–Kier alpha value is -1.44. The molecule has 1 rings (SSSR count). The highest BCUT2D eigenvalue weighted by molar-refractivity contribution is 7.89. The van der Waals surface area contributed by atoms with Crippen molar-refractivity contribution >= 4 is 15.9 Å². The van der Waals surface area contributed by atoms with Crippen LogP contribution in [0.5, 0.6) is 0 Å². The lowest BCUT2D eigenvalue weighted by atomic mass is 10.1. The lowest BCUT2D eigenvalue weighted by Gasteiger charge is -2.18. The van der Waals surface area contributed by atoms with Crippen molar-refractivity contribution in [1.82, 2.24) is 9.62 Å². The summed E-state index contributed by atoms with van der Waals surface area (Å²) in [5.41, 5.74) is 0.626. The van der Waals surface area contributed by atoms with Gasteiger partial charge in [-0.05, 0) is 31.5 Å². The lowest BCUT2D eigenvalue weighted by Crippen LogP contribution is -2.44. The van der Waals surface area contributed by atoms with Gasteiger partial charge < -0.3 is 10.0 Å². The van der Waals surface area contributed by atoms with Gasteiger partial charge in [0.25, 0.3) is 0 Å². The number of benzene rings is 1. The van der Waals surface area contributed by atoms with Crippen LogP contribution in [0, 0.1) is 0 Å². The number of nitrogens with zero attached hydrogens (tertiary/aromatic N) is 1. The normalized spacial score (nSPS) is 14.7. The highest BCUT2D eigenvalue weighted by Crippen LogP contribution is 2.16. The van der Waals surface area contributed by atoms with Gasteiger partial charge in [0.2, 0.25) is 15.9 Å². The molecule has 0 aliphatic carbocycles. The van der Waals surface area contributed by atoms with Gasteiger partial charge >= 0.3 is 0 Å². The Morgan fingerprint density at radius 1 is 1.20 bits per heavy atom. The summed E-state index contributed by atoms with van der Waals surface area (Å²) in [7, 11) is -0.639. The first-order valence-electron chi connectivity index (χ1n) is 6.16. The van der Waals surface area contributed by atoms with Gasteiger partial charge in [-0.3, -0.25) is 4.79 Å². The average Bonchev–Trinajstić information content (AvgIpc) is 2.37. The van der Waals surface area contributed by atoms with Crippen molar-refractivity contribution in [1.29, 1.82) is 0 Å². The molecular weight excluding hydrogens is 280 g/mol. The quantitative estimate of drug-likeness (QED) is 0.829. The van der Waals surface area contributed by atoms with Gasteiger partial charge in [-0.2, -0.15) is 4.72 Å². The molecule has 1 aromatic carbocycles. The number of aliphatic hydroxyl groups excluding tert-OH is 1. The summed E-state index contributed by atoms with van der Waals surface area (Å²) in [6.45, 7) is 3.09. The largest absolute Gasteiger partial charge is 0.389 e. The van der Waals surface area contributed by atoms with E-state index in [1.807, 2.05) is 0 Å². The Labute approximate surface area is 119 Å². The van der Waals surface area contributed by atoms with E-state index >= 15 is 0 Å². The van der Waals surface area contributed by atoms with Crippen molar-refractivity contribution in [2.45, 2.75) is 30.9 Å². The van der Waals surface area contributed by atoms with E-state index in [0.29, 0.717) is 5.56 Å². The number of nitrogens with one attached hydrogen (secondary N) is 1. The summed E-state index contributed by atoms with van der Waals surface area (Å²) in [5.74, 6) is -0.325. The third kappa shape index (κ3) is 4.03. The lowest BCUT2D eigenvalue weighted by molar-refractivity contribution is -0.130. The number of amides is 1. The molecule has 2 N–H and O–H groups in total. The fraction of sp³-hybridized carbons (Fsp3) is 0.462. The Bertz CT molecular complexity index is 565. The summed E-state index contributed by atoms with van der Waals surface area (Å²) in [6, 6.07) is 5.04. The van der Waals surface area contributed by atoms with Crippen LogP contribution in [-0.2, 0) is 14.8 Å². The van der Waals surface area contributed by atoms with Crippen LogP contribution in [-0.4, -0.2) is 44.5 Å². The summed E-state index contributed by atoms with van der Waals surface area (Å²) < 4.78 is 26.5. The van der Waals surface area contributed by atoms with E-state index in [-0.39, 0.29) is 10.8 Å². The van der Waals surface area contributed by atoms with E-state index in [0.717, 1.165) is 0 Å². The zero-order chi connectivity index (χ0) is 15.5. The molecule has 112 valence electrons. The molecule has 0 saturated heterocycles. The molecule has 20 heavy (non-hydrogen) atoms. The van der Waals surface area contributed by atoms with Gasteiger partial charge in [-0.25, -0.2) is 8.42 Å².